The smallest absolute Gasteiger partial charge is 0.139 e. The van der Waals surface area contributed by atoms with Crippen LogP contribution in [-0.4, -0.2) is 34.0 Å². The van der Waals surface area contributed by atoms with Crippen LogP contribution in [0.2, 0.25) is 0 Å². The number of carbonyl (C=O) groups is 1. The van der Waals surface area contributed by atoms with E-state index >= 15 is 0 Å². The van der Waals surface area contributed by atoms with Crippen molar-refractivity contribution in [2.75, 3.05) is 18.3 Å². The molecule has 0 aliphatic heterocycles. The molecule has 2 heterocycles. The second-order valence-electron chi connectivity index (χ2n) is 4.15. The quantitative estimate of drug-likeness (QED) is 0.725. The highest BCUT2D eigenvalue weighted by Gasteiger charge is 2.15. The normalized spacial score (nSPS) is 10.7. The Hall–Kier alpha value is -0.850. The minimum absolute atomic E-state index is 0.288. The first kappa shape index (κ1) is 15.5. The summed E-state index contributed by atoms with van der Waals surface area (Å²) < 4.78 is 0. The standard InChI is InChI=1S/C14H16N2OS3/c1-18-7-5-11(17)8-12-14(19-2)16-13(20-12)10-4-3-6-15-9-10/h3-4,6,9H,5,7-8H2,1-2H3. The molecule has 2 aromatic rings. The Morgan fingerprint density at radius 1 is 1.40 bits per heavy atom. The Labute approximate surface area is 131 Å². The molecule has 0 aliphatic carbocycles. The van der Waals surface area contributed by atoms with Crippen LogP contribution in [-0.2, 0) is 11.2 Å². The topological polar surface area (TPSA) is 42.9 Å². The summed E-state index contributed by atoms with van der Waals surface area (Å²) in [6.07, 6.45) is 8.71. The molecule has 0 amide bonds. The Balaban J connectivity index is 2.17. The van der Waals surface area contributed by atoms with Crippen molar-refractivity contribution in [2.24, 2.45) is 0 Å². The Kier molecular flexibility index (Phi) is 6.06. The minimum atomic E-state index is 0.288. The van der Waals surface area contributed by atoms with Crippen LogP contribution >= 0.6 is 34.9 Å². The average molecular weight is 324 g/mol. The molecule has 106 valence electrons. The van der Waals surface area contributed by atoms with Gasteiger partial charge in [-0.1, -0.05) is 0 Å². The molecule has 0 N–H and O–H groups in total. The summed E-state index contributed by atoms with van der Waals surface area (Å²) in [7, 11) is 0. The second kappa shape index (κ2) is 7.81. The zero-order valence-electron chi connectivity index (χ0n) is 11.5. The summed E-state index contributed by atoms with van der Waals surface area (Å²) in [4.78, 5) is 21.7. The number of Topliss-reactive ketones (excluding diaryl/α,β-unsaturated/α-hetero) is 1. The molecule has 0 bridgehead atoms. The van der Waals surface area contributed by atoms with Crippen LogP contribution in [0.3, 0.4) is 0 Å². The number of aromatic nitrogens is 2. The van der Waals surface area contributed by atoms with Gasteiger partial charge in [0, 0.05) is 35.7 Å². The summed E-state index contributed by atoms with van der Waals surface area (Å²) in [5.41, 5.74) is 1.01. The van der Waals surface area contributed by atoms with Gasteiger partial charge < -0.3 is 0 Å². The number of nitrogens with zero attached hydrogens (tertiary/aromatic N) is 2. The van der Waals surface area contributed by atoms with Gasteiger partial charge in [-0.15, -0.1) is 23.1 Å². The molecule has 20 heavy (non-hydrogen) atoms. The highest BCUT2D eigenvalue weighted by Crippen LogP contribution is 2.32. The summed E-state index contributed by atoms with van der Waals surface area (Å²) >= 11 is 4.90. The Morgan fingerprint density at radius 3 is 2.90 bits per heavy atom. The van der Waals surface area contributed by atoms with Gasteiger partial charge in [-0.05, 0) is 30.4 Å². The van der Waals surface area contributed by atoms with Crippen LogP contribution in [0.15, 0.2) is 29.6 Å². The van der Waals surface area contributed by atoms with E-state index in [2.05, 4.69) is 9.97 Å². The molecule has 0 atom stereocenters. The van der Waals surface area contributed by atoms with Crippen LogP contribution < -0.4 is 0 Å². The second-order valence-corrected chi connectivity index (χ2v) is 7.02. The van der Waals surface area contributed by atoms with E-state index in [0.717, 1.165) is 26.2 Å². The van der Waals surface area contributed by atoms with Gasteiger partial charge in [0.15, 0.2) is 0 Å². The SMILES string of the molecule is CSCCC(=O)Cc1sc(-c2cccnc2)nc1SC. The fourth-order valence-corrected chi connectivity index (χ4v) is 4.03. The lowest BCUT2D eigenvalue weighted by Crippen LogP contribution is -2.03. The van der Waals surface area contributed by atoms with Crippen molar-refractivity contribution in [3.63, 3.8) is 0 Å². The van der Waals surface area contributed by atoms with Gasteiger partial charge >= 0.3 is 0 Å². The van der Waals surface area contributed by atoms with E-state index in [1.807, 2.05) is 30.8 Å². The van der Waals surface area contributed by atoms with Crippen LogP contribution in [0.4, 0.5) is 0 Å². The summed E-state index contributed by atoms with van der Waals surface area (Å²) in [6.45, 7) is 0. The maximum absolute atomic E-state index is 11.9. The Bertz CT molecular complexity index is 569. The first-order valence-electron chi connectivity index (χ1n) is 6.19. The van der Waals surface area contributed by atoms with Crippen molar-refractivity contribution in [1.29, 1.82) is 0 Å². The van der Waals surface area contributed by atoms with Crippen LogP contribution in [0.25, 0.3) is 10.6 Å². The third-order valence-electron chi connectivity index (χ3n) is 2.71. The van der Waals surface area contributed by atoms with Gasteiger partial charge in [0.1, 0.15) is 15.8 Å². The molecule has 0 aromatic carbocycles. The van der Waals surface area contributed by atoms with Gasteiger partial charge in [-0.2, -0.15) is 11.8 Å². The van der Waals surface area contributed by atoms with E-state index in [-0.39, 0.29) is 5.78 Å². The lowest BCUT2D eigenvalue weighted by atomic mass is 10.2. The lowest BCUT2D eigenvalue weighted by Gasteiger charge is -1.98. The number of thiazole rings is 1. The van der Waals surface area contributed by atoms with Crippen molar-refractivity contribution in [3.8, 4) is 10.6 Å². The molecular weight excluding hydrogens is 308 g/mol. The van der Waals surface area contributed by atoms with E-state index < -0.39 is 0 Å². The zero-order valence-corrected chi connectivity index (χ0v) is 13.9. The van der Waals surface area contributed by atoms with E-state index in [9.17, 15) is 4.79 Å². The molecule has 3 nitrogen and oxygen atoms in total. The fourth-order valence-electron chi connectivity index (χ4n) is 1.71. The number of hydrogen-bond donors (Lipinski definition) is 0. The number of rotatable bonds is 7. The Morgan fingerprint density at radius 2 is 2.25 bits per heavy atom. The van der Waals surface area contributed by atoms with Gasteiger partial charge in [0.25, 0.3) is 0 Å². The molecular formula is C14H16N2OS3. The molecule has 2 rings (SSSR count). The largest absolute Gasteiger partial charge is 0.299 e. The minimum Gasteiger partial charge on any atom is -0.299 e. The molecule has 6 heteroatoms. The van der Waals surface area contributed by atoms with Crippen molar-refractivity contribution < 1.29 is 4.79 Å². The van der Waals surface area contributed by atoms with Crippen molar-refractivity contribution in [2.45, 2.75) is 17.9 Å². The fraction of sp³-hybridized carbons (Fsp3) is 0.357. The maximum atomic E-state index is 11.9. The first-order valence-corrected chi connectivity index (χ1v) is 9.63. The molecule has 0 saturated carbocycles. The van der Waals surface area contributed by atoms with Gasteiger partial charge in [-0.25, -0.2) is 4.98 Å². The van der Waals surface area contributed by atoms with Gasteiger partial charge in [0.05, 0.1) is 0 Å². The molecule has 0 spiro atoms. The zero-order chi connectivity index (χ0) is 14.4. The number of pyridine rings is 1. The van der Waals surface area contributed by atoms with Gasteiger partial charge in [-0.3, -0.25) is 9.78 Å². The summed E-state index contributed by atoms with van der Waals surface area (Å²) in [5, 5.41) is 1.90. The first-order chi connectivity index (χ1) is 9.74. The average Bonchev–Trinajstić information content (AvgIpc) is 2.89. The van der Waals surface area contributed by atoms with E-state index in [1.54, 1.807) is 41.1 Å². The van der Waals surface area contributed by atoms with Crippen LogP contribution in [0.1, 0.15) is 11.3 Å². The maximum Gasteiger partial charge on any atom is 0.139 e. The molecule has 0 fully saturated rings. The van der Waals surface area contributed by atoms with Crippen LogP contribution in [0.5, 0.6) is 0 Å². The third-order valence-corrected chi connectivity index (χ3v) is 5.28. The summed E-state index contributed by atoms with van der Waals surface area (Å²) in [6, 6.07) is 3.90. The number of thioether (sulfide) groups is 2. The molecule has 2 aromatic heterocycles. The molecule has 0 aliphatic rings. The van der Waals surface area contributed by atoms with E-state index in [1.165, 1.54) is 0 Å². The highest BCUT2D eigenvalue weighted by atomic mass is 32.2. The predicted molar refractivity (Wildman–Crippen MR) is 88.8 cm³/mol. The number of hydrogen-bond acceptors (Lipinski definition) is 6. The van der Waals surface area contributed by atoms with Gasteiger partial charge in [0.2, 0.25) is 0 Å². The number of ketones is 1. The van der Waals surface area contributed by atoms with Crippen molar-refractivity contribution in [1.82, 2.24) is 9.97 Å². The van der Waals surface area contributed by atoms with E-state index in [4.69, 9.17) is 0 Å². The molecule has 0 unspecified atom stereocenters. The van der Waals surface area contributed by atoms with Crippen LogP contribution in [0, 0.1) is 0 Å². The molecule has 0 saturated heterocycles. The van der Waals surface area contributed by atoms with E-state index in [0.29, 0.717) is 12.8 Å². The molecule has 0 radical (unpaired) electrons. The summed E-state index contributed by atoms with van der Waals surface area (Å²) in [5.74, 6) is 1.18. The highest BCUT2D eigenvalue weighted by molar-refractivity contribution is 7.98. The third kappa shape index (κ3) is 4.07. The van der Waals surface area contributed by atoms with Crippen molar-refractivity contribution in [3.05, 3.63) is 29.4 Å². The lowest BCUT2D eigenvalue weighted by molar-refractivity contribution is -0.118. The number of carbonyl (C=O) groups excluding carboxylic acids is 1. The predicted octanol–water partition coefficient (Wildman–Crippen LogP) is 3.79. The van der Waals surface area contributed by atoms with Crippen molar-refractivity contribution >= 4 is 40.6 Å². The monoisotopic (exact) mass is 324 g/mol.